The van der Waals surface area contributed by atoms with Gasteiger partial charge in [0.05, 0.1) is 27.9 Å². The summed E-state index contributed by atoms with van der Waals surface area (Å²) >= 11 is 10.6. The molecular weight excluding hydrogens is 537 g/mol. The lowest BCUT2D eigenvalue weighted by atomic mass is 10.1. The molecule has 4 aromatic heterocycles. The van der Waals surface area contributed by atoms with E-state index in [1.54, 1.807) is 45.3 Å². The minimum atomic E-state index is 0.153. The van der Waals surface area contributed by atoms with Crippen LogP contribution in [-0.4, -0.2) is 23.1 Å². The fourth-order valence-corrected chi connectivity index (χ4v) is 11.8. The summed E-state index contributed by atoms with van der Waals surface area (Å²) in [5, 5.41) is 0. The Labute approximate surface area is 223 Å². The molecule has 0 bridgehead atoms. The zero-order chi connectivity index (χ0) is 23.4. The summed E-state index contributed by atoms with van der Waals surface area (Å²) < 4.78 is 2.48. The molecule has 4 aromatic rings. The van der Waals surface area contributed by atoms with E-state index in [0.717, 1.165) is 63.0 Å². The predicted octanol–water partition coefficient (Wildman–Crippen LogP) is 9.81. The maximum Gasteiger partial charge on any atom is 0.196 e. The molecule has 0 unspecified atom stereocenters. The number of ketones is 2. The van der Waals surface area contributed by atoms with E-state index in [-0.39, 0.29) is 11.6 Å². The minimum Gasteiger partial charge on any atom is -0.288 e. The van der Waals surface area contributed by atoms with Gasteiger partial charge < -0.3 is 0 Å². The number of hydrogen-bond donors (Lipinski definition) is 0. The third-order valence-electron chi connectivity index (χ3n) is 6.00. The van der Waals surface area contributed by atoms with Crippen molar-refractivity contribution in [3.8, 4) is 29.3 Å². The van der Waals surface area contributed by atoms with Crippen LogP contribution in [0, 0.1) is 0 Å². The lowest BCUT2D eigenvalue weighted by Gasteiger charge is -1.95. The van der Waals surface area contributed by atoms with Gasteiger partial charge >= 0.3 is 0 Å². The lowest BCUT2D eigenvalue weighted by molar-refractivity contribution is 0.103. The lowest BCUT2D eigenvalue weighted by Crippen LogP contribution is -1.92. The maximum absolute atomic E-state index is 13.1. The zero-order valence-corrected chi connectivity index (χ0v) is 23.7. The summed E-state index contributed by atoms with van der Waals surface area (Å²) in [5.41, 5.74) is 3.41. The maximum atomic E-state index is 13.1. The van der Waals surface area contributed by atoms with Crippen LogP contribution >= 0.6 is 68.9 Å². The number of carbonyl (C=O) groups is 2. The molecule has 0 saturated carbocycles. The molecule has 0 saturated heterocycles. The second-order valence-electron chi connectivity index (χ2n) is 8.39. The van der Waals surface area contributed by atoms with Crippen LogP contribution in [0.25, 0.3) is 29.3 Å². The van der Waals surface area contributed by atoms with Gasteiger partial charge in [-0.05, 0) is 48.6 Å². The first-order valence-corrected chi connectivity index (χ1v) is 16.7. The molecular formula is C26H22O2S6. The fourth-order valence-electron chi connectivity index (χ4n) is 4.18. The molecule has 6 rings (SSSR count). The summed E-state index contributed by atoms with van der Waals surface area (Å²) in [6.07, 6.45) is 4.77. The Hall–Kier alpha value is -1.16. The number of unbranched alkanes of at least 4 members (excludes halogenated alkanes) is 2. The van der Waals surface area contributed by atoms with Crippen LogP contribution in [0.4, 0.5) is 0 Å². The van der Waals surface area contributed by atoms with E-state index in [4.69, 9.17) is 0 Å². The van der Waals surface area contributed by atoms with Gasteiger partial charge in [-0.15, -0.1) is 68.9 Å². The summed E-state index contributed by atoms with van der Waals surface area (Å²) in [6.45, 7) is 4.41. The van der Waals surface area contributed by atoms with Crippen molar-refractivity contribution in [2.24, 2.45) is 0 Å². The molecule has 0 aromatic carbocycles. The van der Waals surface area contributed by atoms with Gasteiger partial charge in [-0.2, -0.15) is 0 Å². The molecule has 0 radical (unpaired) electrons. The molecule has 0 aliphatic heterocycles. The molecule has 34 heavy (non-hydrogen) atoms. The van der Waals surface area contributed by atoms with Gasteiger partial charge in [-0.1, -0.05) is 26.7 Å². The quantitative estimate of drug-likeness (QED) is 0.131. The van der Waals surface area contributed by atoms with Crippen molar-refractivity contribution >= 4 is 80.4 Å². The molecule has 0 atom stereocenters. The summed E-state index contributed by atoms with van der Waals surface area (Å²) in [6, 6.07) is 8.27. The summed E-state index contributed by atoms with van der Waals surface area (Å²) in [4.78, 5) is 32.9. The van der Waals surface area contributed by atoms with Crippen LogP contribution in [0.1, 0.15) is 71.4 Å². The molecule has 0 fully saturated rings. The Kier molecular flexibility index (Phi) is 6.41. The molecule has 2 nitrogen and oxygen atoms in total. The number of rotatable bonds is 9. The molecule has 0 spiro atoms. The predicted molar refractivity (Wildman–Crippen MR) is 152 cm³/mol. The van der Waals surface area contributed by atoms with Crippen molar-refractivity contribution in [1.29, 1.82) is 0 Å². The van der Waals surface area contributed by atoms with Gasteiger partial charge in [0, 0.05) is 32.0 Å². The van der Waals surface area contributed by atoms with Crippen molar-refractivity contribution in [2.45, 2.75) is 47.9 Å². The van der Waals surface area contributed by atoms with Crippen LogP contribution < -0.4 is 0 Å². The zero-order valence-electron chi connectivity index (χ0n) is 18.8. The number of fused-ring (bicyclic) bond motifs is 6. The first-order chi connectivity index (χ1) is 16.6. The van der Waals surface area contributed by atoms with Crippen LogP contribution in [-0.2, 0) is 0 Å². The van der Waals surface area contributed by atoms with E-state index < -0.39 is 0 Å². The Morgan fingerprint density at radius 1 is 0.588 bits per heavy atom. The topological polar surface area (TPSA) is 34.1 Å². The van der Waals surface area contributed by atoms with Crippen LogP contribution in [0.15, 0.2) is 32.7 Å². The van der Waals surface area contributed by atoms with Crippen molar-refractivity contribution in [1.82, 2.24) is 0 Å². The van der Waals surface area contributed by atoms with E-state index in [0.29, 0.717) is 0 Å². The third kappa shape index (κ3) is 3.82. The van der Waals surface area contributed by atoms with Gasteiger partial charge in [0.15, 0.2) is 11.6 Å². The monoisotopic (exact) mass is 558 g/mol. The highest BCUT2D eigenvalue weighted by atomic mass is 32.2. The Balaban J connectivity index is 1.29. The Morgan fingerprint density at radius 2 is 0.971 bits per heavy atom. The van der Waals surface area contributed by atoms with Gasteiger partial charge in [0.25, 0.3) is 0 Å². The average molecular weight is 559 g/mol. The van der Waals surface area contributed by atoms with E-state index in [1.165, 1.54) is 34.1 Å². The highest BCUT2D eigenvalue weighted by Crippen LogP contribution is 2.54. The second-order valence-corrected chi connectivity index (χ2v) is 15.4. The first kappa shape index (κ1) is 23.3. The van der Waals surface area contributed by atoms with Gasteiger partial charge in [0.2, 0.25) is 0 Å². The molecule has 0 N–H and O–H groups in total. The third-order valence-corrected chi connectivity index (χ3v) is 13.7. The SMILES string of the molecule is CCCCSc1cc2c(s1)-c1sc(-c3cc4c(s3)-c3sc(SCCCC)cc3C4=O)cc1C2=O. The fraction of sp³-hybridized carbons (Fsp3) is 0.308. The van der Waals surface area contributed by atoms with E-state index in [9.17, 15) is 9.59 Å². The van der Waals surface area contributed by atoms with Crippen LogP contribution in [0.2, 0.25) is 0 Å². The smallest absolute Gasteiger partial charge is 0.196 e. The molecule has 174 valence electrons. The molecule has 4 heterocycles. The summed E-state index contributed by atoms with van der Waals surface area (Å²) in [7, 11) is 0. The van der Waals surface area contributed by atoms with Gasteiger partial charge in [-0.3, -0.25) is 9.59 Å². The van der Waals surface area contributed by atoms with Crippen molar-refractivity contribution in [2.75, 3.05) is 11.5 Å². The molecule has 2 aliphatic carbocycles. The van der Waals surface area contributed by atoms with Gasteiger partial charge in [0.1, 0.15) is 0 Å². The highest BCUT2D eigenvalue weighted by molar-refractivity contribution is 8.01. The molecule has 0 amide bonds. The minimum absolute atomic E-state index is 0.153. The number of carbonyl (C=O) groups excluding carboxylic acids is 2. The number of thiophene rings is 4. The summed E-state index contributed by atoms with van der Waals surface area (Å²) in [5.74, 6) is 2.51. The Morgan fingerprint density at radius 3 is 1.38 bits per heavy atom. The average Bonchev–Trinajstić information content (AvgIpc) is 3.63. The van der Waals surface area contributed by atoms with Crippen LogP contribution in [0.5, 0.6) is 0 Å². The normalized spacial score (nSPS) is 13.5. The standard InChI is InChI=1S/C26H22O2S6/c1-3-5-7-29-19-11-15-21(27)13-9-17(31-23(13)25(15)33-19)18-10-14-22(28)16-12-20(30-8-6-4-2)34-26(16)24(14)32-18/h9-12H,3-8H2,1-2H3. The second kappa shape index (κ2) is 9.37. The number of hydrogen-bond acceptors (Lipinski definition) is 8. The van der Waals surface area contributed by atoms with E-state index >= 15 is 0 Å². The van der Waals surface area contributed by atoms with E-state index in [2.05, 4.69) is 26.0 Å². The first-order valence-electron chi connectivity index (χ1n) is 11.5. The van der Waals surface area contributed by atoms with Crippen molar-refractivity contribution in [3.63, 3.8) is 0 Å². The number of thioether (sulfide) groups is 2. The van der Waals surface area contributed by atoms with Crippen molar-refractivity contribution in [3.05, 3.63) is 46.5 Å². The Bertz CT molecular complexity index is 1320. The van der Waals surface area contributed by atoms with E-state index in [1.807, 2.05) is 35.7 Å². The highest BCUT2D eigenvalue weighted by Gasteiger charge is 2.35. The molecule has 2 aliphatic rings. The molecule has 8 heteroatoms. The van der Waals surface area contributed by atoms with Crippen molar-refractivity contribution < 1.29 is 9.59 Å². The largest absolute Gasteiger partial charge is 0.288 e. The van der Waals surface area contributed by atoms with Gasteiger partial charge in [-0.25, -0.2) is 0 Å². The van der Waals surface area contributed by atoms with Crippen LogP contribution in [0.3, 0.4) is 0 Å².